The topological polar surface area (TPSA) is 99.8 Å². The molecule has 0 heterocycles. The third kappa shape index (κ3) is 4.86. The molecule has 0 fully saturated rings. The zero-order valence-electron chi connectivity index (χ0n) is 16.6. The van der Waals surface area contributed by atoms with Gasteiger partial charge in [-0.3, -0.25) is 10.1 Å². The Labute approximate surface area is 188 Å². The molecule has 0 radical (unpaired) electrons. The van der Waals surface area contributed by atoms with E-state index in [1.165, 1.54) is 23.3 Å². The fourth-order valence-corrected chi connectivity index (χ4v) is 4.05. The average molecular weight is 481 g/mol. The van der Waals surface area contributed by atoms with E-state index >= 15 is 0 Å². The van der Waals surface area contributed by atoms with Crippen molar-refractivity contribution in [1.29, 1.82) is 0 Å². The number of nitrogens with one attached hydrogen (secondary N) is 2. The number of nitro groups is 1. The minimum Gasteiger partial charge on any atom is -0.506 e. The van der Waals surface area contributed by atoms with Crippen LogP contribution in [0.15, 0.2) is 76.2 Å². The number of nitro benzene ring substituents is 1. The first-order chi connectivity index (χ1) is 15.0. The lowest BCUT2D eigenvalue weighted by molar-refractivity contribution is -0.384. The van der Waals surface area contributed by atoms with Crippen molar-refractivity contribution in [1.82, 2.24) is 0 Å². The van der Waals surface area contributed by atoms with Gasteiger partial charge < -0.3 is 15.7 Å². The Balaban J connectivity index is 1.69. The van der Waals surface area contributed by atoms with Gasteiger partial charge in [0.1, 0.15) is 5.75 Å². The van der Waals surface area contributed by atoms with Crippen LogP contribution < -0.4 is 10.6 Å². The molecule has 0 saturated heterocycles. The summed E-state index contributed by atoms with van der Waals surface area (Å²) in [4.78, 5) is 15.4. The van der Waals surface area contributed by atoms with E-state index in [0.717, 1.165) is 35.5 Å². The number of aromatic hydroxyl groups is 1. The number of aryl methyl sites for hydroxylation is 1. The lowest BCUT2D eigenvalue weighted by Crippen LogP contribution is -2.24. The third-order valence-corrected chi connectivity index (χ3v) is 5.89. The molecule has 3 aromatic rings. The smallest absolute Gasteiger partial charge is 0.273 e. The van der Waals surface area contributed by atoms with E-state index in [1.54, 1.807) is 0 Å². The number of anilines is 2. The second kappa shape index (κ2) is 9.18. The molecule has 0 bridgehead atoms. The molecular weight excluding hydrogens is 460 g/mol. The highest BCUT2D eigenvalue weighted by Crippen LogP contribution is 2.34. The predicted octanol–water partition coefficient (Wildman–Crippen LogP) is 6.02. The number of fused-ring (bicyclic) bond motifs is 1. The molecule has 158 valence electrons. The number of benzene rings is 3. The first kappa shape index (κ1) is 20.9. The van der Waals surface area contributed by atoms with E-state index in [-0.39, 0.29) is 17.5 Å². The molecule has 4 rings (SSSR count). The van der Waals surface area contributed by atoms with Crippen LogP contribution in [0, 0.1) is 10.1 Å². The monoisotopic (exact) mass is 480 g/mol. The van der Waals surface area contributed by atoms with Crippen molar-refractivity contribution in [3.05, 3.63) is 92.4 Å². The van der Waals surface area contributed by atoms with Crippen LogP contribution in [0.25, 0.3) is 0 Å². The van der Waals surface area contributed by atoms with Gasteiger partial charge in [0.15, 0.2) is 0 Å². The number of nitrogens with zero attached hydrogens (tertiary/aromatic N) is 2. The second-order valence-corrected chi connectivity index (χ2v) is 8.13. The van der Waals surface area contributed by atoms with Gasteiger partial charge >= 0.3 is 0 Å². The van der Waals surface area contributed by atoms with Gasteiger partial charge in [0, 0.05) is 10.5 Å². The number of aliphatic imine (C=N–C) groups is 1. The van der Waals surface area contributed by atoms with Gasteiger partial charge in [-0.1, -0.05) is 36.4 Å². The van der Waals surface area contributed by atoms with Crippen LogP contribution in [0.4, 0.5) is 17.1 Å². The molecule has 0 saturated carbocycles. The minimum atomic E-state index is -0.545. The molecule has 0 amide bonds. The zero-order chi connectivity index (χ0) is 21.8. The number of halogens is 1. The van der Waals surface area contributed by atoms with E-state index in [0.29, 0.717) is 11.6 Å². The summed E-state index contributed by atoms with van der Waals surface area (Å²) in [6.07, 6.45) is 2.98. The molecule has 0 aromatic heterocycles. The number of phenols is 1. The number of para-hydroxylation sites is 1. The Morgan fingerprint density at radius 2 is 1.81 bits per heavy atom. The summed E-state index contributed by atoms with van der Waals surface area (Å²) in [6, 6.07) is 19.8. The number of guanidine groups is 1. The molecule has 7 nitrogen and oxygen atoms in total. The van der Waals surface area contributed by atoms with Gasteiger partial charge in [0.05, 0.1) is 28.4 Å². The highest BCUT2D eigenvalue weighted by atomic mass is 79.9. The van der Waals surface area contributed by atoms with Gasteiger partial charge in [-0.25, -0.2) is 4.99 Å². The lowest BCUT2D eigenvalue weighted by atomic mass is 9.88. The summed E-state index contributed by atoms with van der Waals surface area (Å²) in [5.41, 5.74) is 3.43. The molecule has 0 aliphatic heterocycles. The summed E-state index contributed by atoms with van der Waals surface area (Å²) < 4.78 is 0.862. The predicted molar refractivity (Wildman–Crippen MR) is 126 cm³/mol. The van der Waals surface area contributed by atoms with Gasteiger partial charge in [0.25, 0.3) is 5.69 Å². The maximum Gasteiger partial charge on any atom is 0.273 e. The third-order valence-electron chi connectivity index (χ3n) is 5.19. The lowest BCUT2D eigenvalue weighted by Gasteiger charge is -2.24. The highest BCUT2D eigenvalue weighted by molar-refractivity contribution is 9.10. The van der Waals surface area contributed by atoms with Crippen LogP contribution in [-0.2, 0) is 6.42 Å². The molecule has 1 unspecified atom stereocenters. The first-order valence-electron chi connectivity index (χ1n) is 9.93. The number of non-ortho nitro benzene ring substituents is 1. The van der Waals surface area contributed by atoms with E-state index in [1.807, 2.05) is 36.4 Å². The number of rotatable bonds is 4. The summed E-state index contributed by atoms with van der Waals surface area (Å²) in [5.74, 6) is 0.220. The SMILES string of the molecule is O=[N+]([O-])c1ccc(NC(=NC2CCCc3ccccc32)Nc2ccccc2Br)c(O)c1. The maximum atomic E-state index is 11.0. The van der Waals surface area contributed by atoms with E-state index in [4.69, 9.17) is 4.99 Å². The van der Waals surface area contributed by atoms with Crippen LogP contribution in [0.2, 0.25) is 0 Å². The minimum absolute atomic E-state index is 0.0392. The molecular formula is C23H21BrN4O3. The second-order valence-electron chi connectivity index (χ2n) is 7.27. The van der Waals surface area contributed by atoms with Crippen LogP contribution in [0.1, 0.15) is 30.0 Å². The maximum absolute atomic E-state index is 11.0. The Morgan fingerprint density at radius 3 is 2.58 bits per heavy atom. The van der Waals surface area contributed by atoms with Crippen molar-refractivity contribution in [2.24, 2.45) is 4.99 Å². The molecule has 3 N–H and O–H groups in total. The molecule has 3 aromatic carbocycles. The van der Waals surface area contributed by atoms with Gasteiger partial charge in [-0.05, 0) is 64.5 Å². The fourth-order valence-electron chi connectivity index (χ4n) is 3.67. The Morgan fingerprint density at radius 1 is 1.06 bits per heavy atom. The van der Waals surface area contributed by atoms with E-state index in [9.17, 15) is 15.2 Å². The largest absolute Gasteiger partial charge is 0.506 e. The van der Waals surface area contributed by atoms with Gasteiger partial charge in [-0.2, -0.15) is 0 Å². The Kier molecular flexibility index (Phi) is 6.18. The van der Waals surface area contributed by atoms with Crippen LogP contribution >= 0.6 is 15.9 Å². The van der Waals surface area contributed by atoms with Crippen molar-refractivity contribution in [2.45, 2.75) is 25.3 Å². The van der Waals surface area contributed by atoms with E-state index < -0.39 is 4.92 Å². The first-order valence-corrected chi connectivity index (χ1v) is 10.7. The summed E-state index contributed by atoms with van der Waals surface area (Å²) >= 11 is 3.53. The average Bonchev–Trinajstić information content (AvgIpc) is 2.77. The van der Waals surface area contributed by atoms with Crippen molar-refractivity contribution in [3.8, 4) is 5.75 Å². The number of phenolic OH excluding ortho intramolecular Hbond substituents is 1. The summed E-state index contributed by atoms with van der Waals surface area (Å²) in [6.45, 7) is 0. The van der Waals surface area contributed by atoms with Gasteiger partial charge in [0.2, 0.25) is 5.96 Å². The van der Waals surface area contributed by atoms with Crippen molar-refractivity contribution in [2.75, 3.05) is 10.6 Å². The van der Waals surface area contributed by atoms with E-state index in [2.05, 4.69) is 38.7 Å². The molecule has 1 atom stereocenters. The zero-order valence-corrected chi connectivity index (χ0v) is 18.2. The quantitative estimate of drug-likeness (QED) is 0.139. The van der Waals surface area contributed by atoms with Crippen LogP contribution in [0.5, 0.6) is 5.75 Å². The van der Waals surface area contributed by atoms with Crippen molar-refractivity contribution >= 4 is 39.0 Å². The molecule has 1 aliphatic carbocycles. The summed E-state index contributed by atoms with van der Waals surface area (Å²) in [5, 5.41) is 27.7. The van der Waals surface area contributed by atoms with Crippen molar-refractivity contribution < 1.29 is 10.0 Å². The van der Waals surface area contributed by atoms with Crippen molar-refractivity contribution in [3.63, 3.8) is 0 Å². The number of hydrogen-bond acceptors (Lipinski definition) is 4. The molecule has 0 spiro atoms. The normalized spacial score (nSPS) is 15.8. The van der Waals surface area contributed by atoms with Gasteiger partial charge in [-0.15, -0.1) is 0 Å². The van der Waals surface area contributed by atoms with Crippen LogP contribution in [0.3, 0.4) is 0 Å². The Hall–Kier alpha value is -3.39. The molecule has 31 heavy (non-hydrogen) atoms. The summed E-state index contributed by atoms with van der Waals surface area (Å²) in [7, 11) is 0. The van der Waals surface area contributed by atoms with Crippen LogP contribution in [-0.4, -0.2) is 16.0 Å². The Bertz CT molecular complexity index is 1150. The standard InChI is InChI=1S/C23H21BrN4O3/c24-18-9-3-4-10-20(18)26-23(27-21-13-12-16(28(30)31)14-22(21)29)25-19-11-5-7-15-6-1-2-8-17(15)19/h1-4,6,8-10,12-14,19,29H,5,7,11H2,(H2,25,26,27). The number of hydrogen-bond donors (Lipinski definition) is 3. The molecule has 1 aliphatic rings. The highest BCUT2D eigenvalue weighted by Gasteiger charge is 2.21. The fraction of sp³-hybridized carbons (Fsp3) is 0.174. The molecule has 8 heteroatoms.